The van der Waals surface area contributed by atoms with Crippen molar-refractivity contribution >= 4 is 17.9 Å². The van der Waals surface area contributed by atoms with Crippen LogP contribution in [-0.4, -0.2) is 52.1 Å². The molecule has 0 fully saturated rings. The zero-order valence-corrected chi connectivity index (χ0v) is 13.7. The lowest BCUT2D eigenvalue weighted by molar-refractivity contribution is -0.138. The summed E-state index contributed by atoms with van der Waals surface area (Å²) in [5, 5.41) is 14.2. The van der Waals surface area contributed by atoms with Crippen LogP contribution in [0.4, 0.5) is 4.79 Å². The molecule has 0 saturated heterocycles. The zero-order chi connectivity index (χ0) is 16.8. The molecule has 0 unspecified atom stereocenters. The molecule has 0 aromatic heterocycles. The standard InChI is InChI=1S/C14H27N3O4/c1-13(2,3)16-10(18)7-8-15-12(21)17(9-11(19)20)14(4,5)6/h7-9H2,1-6H3,(H,15,21)(H,16,18)(H,19,20). The summed E-state index contributed by atoms with van der Waals surface area (Å²) in [6.07, 6.45) is 0.147. The normalized spacial score (nSPS) is 11.7. The Hall–Kier alpha value is -1.79. The lowest BCUT2D eigenvalue weighted by Gasteiger charge is -2.34. The molecule has 0 bridgehead atoms. The highest BCUT2D eigenvalue weighted by molar-refractivity contribution is 5.81. The largest absolute Gasteiger partial charge is 0.480 e. The van der Waals surface area contributed by atoms with Crippen LogP contribution in [0.2, 0.25) is 0 Å². The van der Waals surface area contributed by atoms with E-state index in [0.29, 0.717) is 0 Å². The Kier molecular flexibility index (Phi) is 6.66. The number of carboxylic acid groups (broad SMARTS) is 1. The third-order valence-corrected chi connectivity index (χ3v) is 2.49. The third-order valence-electron chi connectivity index (χ3n) is 2.49. The van der Waals surface area contributed by atoms with Gasteiger partial charge in [0.05, 0.1) is 0 Å². The lowest BCUT2D eigenvalue weighted by Crippen LogP contribution is -2.53. The molecule has 0 atom stereocenters. The average molecular weight is 301 g/mol. The van der Waals surface area contributed by atoms with E-state index in [2.05, 4.69) is 10.6 Å². The second-order valence-corrected chi connectivity index (χ2v) is 6.93. The summed E-state index contributed by atoms with van der Waals surface area (Å²) in [7, 11) is 0. The minimum atomic E-state index is -1.08. The van der Waals surface area contributed by atoms with Gasteiger partial charge < -0.3 is 20.6 Å². The molecule has 0 radical (unpaired) electrons. The molecule has 0 rings (SSSR count). The van der Waals surface area contributed by atoms with Gasteiger partial charge in [0.15, 0.2) is 0 Å². The number of hydrogen-bond donors (Lipinski definition) is 3. The summed E-state index contributed by atoms with van der Waals surface area (Å²) in [6, 6.07) is -0.492. The molecular formula is C14H27N3O4. The van der Waals surface area contributed by atoms with E-state index in [-0.39, 0.29) is 31.0 Å². The molecule has 7 heteroatoms. The highest BCUT2D eigenvalue weighted by Crippen LogP contribution is 2.12. The number of carboxylic acids is 1. The minimum absolute atomic E-state index is 0.147. The molecule has 122 valence electrons. The van der Waals surface area contributed by atoms with Gasteiger partial charge in [0, 0.05) is 24.0 Å². The van der Waals surface area contributed by atoms with Crippen molar-refractivity contribution in [2.24, 2.45) is 0 Å². The van der Waals surface area contributed by atoms with Gasteiger partial charge in [0.25, 0.3) is 0 Å². The first-order valence-electron chi connectivity index (χ1n) is 6.91. The van der Waals surface area contributed by atoms with Crippen LogP contribution in [0, 0.1) is 0 Å². The van der Waals surface area contributed by atoms with Gasteiger partial charge in [-0.3, -0.25) is 9.59 Å². The Balaban J connectivity index is 4.39. The maximum atomic E-state index is 12.0. The van der Waals surface area contributed by atoms with Crippen molar-refractivity contribution in [2.75, 3.05) is 13.1 Å². The SMILES string of the molecule is CC(C)(C)NC(=O)CCNC(=O)N(CC(=O)O)C(C)(C)C. The molecule has 0 aliphatic carbocycles. The Morgan fingerprint density at radius 1 is 1.05 bits per heavy atom. The van der Waals surface area contributed by atoms with Gasteiger partial charge in [-0.15, -0.1) is 0 Å². The van der Waals surface area contributed by atoms with Crippen LogP contribution in [0.1, 0.15) is 48.0 Å². The summed E-state index contributed by atoms with van der Waals surface area (Å²) in [5.74, 6) is -1.24. The molecule has 0 aromatic rings. The quantitative estimate of drug-likeness (QED) is 0.710. The highest BCUT2D eigenvalue weighted by atomic mass is 16.4. The molecule has 0 heterocycles. The first-order chi connectivity index (χ1) is 9.33. The smallest absolute Gasteiger partial charge is 0.323 e. The summed E-state index contributed by atoms with van der Waals surface area (Å²) in [4.78, 5) is 35.7. The van der Waals surface area contributed by atoms with Gasteiger partial charge in [-0.05, 0) is 41.5 Å². The van der Waals surface area contributed by atoms with Gasteiger partial charge >= 0.3 is 12.0 Å². The predicted molar refractivity (Wildman–Crippen MR) is 80.0 cm³/mol. The first kappa shape index (κ1) is 19.2. The number of aliphatic carboxylic acids is 1. The van der Waals surface area contributed by atoms with Crippen molar-refractivity contribution in [1.82, 2.24) is 15.5 Å². The lowest BCUT2D eigenvalue weighted by atomic mass is 10.1. The predicted octanol–water partition coefficient (Wildman–Crippen LogP) is 1.19. The van der Waals surface area contributed by atoms with Crippen LogP contribution < -0.4 is 10.6 Å². The van der Waals surface area contributed by atoms with Crippen molar-refractivity contribution in [1.29, 1.82) is 0 Å². The van der Waals surface area contributed by atoms with E-state index in [1.165, 1.54) is 4.90 Å². The second-order valence-electron chi connectivity index (χ2n) is 6.93. The van der Waals surface area contributed by atoms with Gasteiger partial charge in [-0.2, -0.15) is 0 Å². The Morgan fingerprint density at radius 3 is 1.95 bits per heavy atom. The topological polar surface area (TPSA) is 98.7 Å². The summed E-state index contributed by atoms with van der Waals surface area (Å²) in [6.45, 7) is 10.6. The Morgan fingerprint density at radius 2 is 1.57 bits per heavy atom. The molecule has 3 amide bonds. The summed E-state index contributed by atoms with van der Waals surface area (Å²) >= 11 is 0. The molecule has 0 saturated carbocycles. The van der Waals surface area contributed by atoms with Crippen molar-refractivity contribution < 1.29 is 19.5 Å². The zero-order valence-electron chi connectivity index (χ0n) is 13.7. The average Bonchev–Trinajstić information content (AvgIpc) is 2.21. The van der Waals surface area contributed by atoms with E-state index in [4.69, 9.17) is 5.11 Å². The number of hydrogen-bond acceptors (Lipinski definition) is 3. The summed E-state index contributed by atoms with van der Waals surface area (Å²) < 4.78 is 0. The molecule has 0 aromatic carbocycles. The van der Waals surface area contributed by atoms with Crippen molar-refractivity contribution in [2.45, 2.75) is 59.0 Å². The number of rotatable bonds is 5. The van der Waals surface area contributed by atoms with Crippen LogP contribution in [-0.2, 0) is 9.59 Å². The number of nitrogens with one attached hydrogen (secondary N) is 2. The van der Waals surface area contributed by atoms with E-state index in [9.17, 15) is 14.4 Å². The van der Waals surface area contributed by atoms with E-state index in [1.54, 1.807) is 20.8 Å². The van der Waals surface area contributed by atoms with Crippen LogP contribution in [0.15, 0.2) is 0 Å². The van der Waals surface area contributed by atoms with E-state index in [0.717, 1.165) is 0 Å². The molecule has 7 nitrogen and oxygen atoms in total. The monoisotopic (exact) mass is 301 g/mol. The molecule has 0 aliphatic rings. The van der Waals surface area contributed by atoms with Crippen molar-refractivity contribution in [3.05, 3.63) is 0 Å². The summed E-state index contributed by atoms with van der Waals surface area (Å²) in [5.41, 5.74) is -0.933. The van der Waals surface area contributed by atoms with E-state index >= 15 is 0 Å². The van der Waals surface area contributed by atoms with Crippen molar-refractivity contribution in [3.63, 3.8) is 0 Å². The second kappa shape index (κ2) is 7.28. The van der Waals surface area contributed by atoms with Gasteiger partial charge in [0.1, 0.15) is 6.54 Å². The third kappa shape index (κ3) is 8.88. The minimum Gasteiger partial charge on any atom is -0.480 e. The number of carbonyl (C=O) groups excluding carboxylic acids is 2. The molecule has 0 spiro atoms. The van der Waals surface area contributed by atoms with E-state index < -0.39 is 17.5 Å². The van der Waals surface area contributed by atoms with Gasteiger partial charge in [-0.1, -0.05) is 0 Å². The molecule has 3 N–H and O–H groups in total. The van der Waals surface area contributed by atoms with Gasteiger partial charge in [-0.25, -0.2) is 4.79 Å². The first-order valence-corrected chi connectivity index (χ1v) is 6.91. The van der Waals surface area contributed by atoms with Crippen LogP contribution in [0.3, 0.4) is 0 Å². The maximum absolute atomic E-state index is 12.0. The van der Waals surface area contributed by atoms with Crippen LogP contribution in [0.5, 0.6) is 0 Å². The fraction of sp³-hybridized carbons (Fsp3) is 0.786. The maximum Gasteiger partial charge on any atom is 0.323 e. The number of nitrogens with zero attached hydrogens (tertiary/aromatic N) is 1. The molecule has 0 aliphatic heterocycles. The number of urea groups is 1. The number of carbonyl (C=O) groups is 3. The van der Waals surface area contributed by atoms with E-state index in [1.807, 2.05) is 20.8 Å². The Bertz CT molecular complexity index is 394. The molecule has 21 heavy (non-hydrogen) atoms. The fourth-order valence-electron chi connectivity index (χ4n) is 1.61. The highest BCUT2D eigenvalue weighted by Gasteiger charge is 2.28. The van der Waals surface area contributed by atoms with Gasteiger partial charge in [0.2, 0.25) is 5.91 Å². The van der Waals surface area contributed by atoms with Crippen LogP contribution >= 0.6 is 0 Å². The fourth-order valence-corrected chi connectivity index (χ4v) is 1.61. The Labute approximate surface area is 126 Å². The molecular weight excluding hydrogens is 274 g/mol. The number of amides is 3. The van der Waals surface area contributed by atoms with Crippen molar-refractivity contribution in [3.8, 4) is 0 Å². The van der Waals surface area contributed by atoms with Crippen LogP contribution in [0.25, 0.3) is 0 Å².